The summed E-state index contributed by atoms with van der Waals surface area (Å²) >= 11 is 0. The number of carboxylic acid groups (broad SMARTS) is 1. The molecule has 0 rings (SSSR count). The van der Waals surface area contributed by atoms with Crippen molar-refractivity contribution >= 4 is 17.8 Å². The highest BCUT2D eigenvalue weighted by Gasteiger charge is 2.17. The zero-order valence-corrected chi connectivity index (χ0v) is 26.5. The van der Waals surface area contributed by atoms with Crippen LogP contribution in [0.25, 0.3) is 0 Å². The first-order valence-electron chi connectivity index (χ1n) is 17.2. The summed E-state index contributed by atoms with van der Waals surface area (Å²) in [6.45, 7) is 5.12. The lowest BCUT2D eigenvalue weighted by atomic mass is 10.0. The van der Waals surface area contributed by atoms with Crippen LogP contribution in [0.4, 0.5) is 0 Å². The molecule has 0 fully saturated rings. The Morgan fingerprint density at radius 1 is 0.575 bits per heavy atom. The van der Waals surface area contributed by atoms with Gasteiger partial charge in [-0.25, -0.2) is 0 Å². The lowest BCUT2D eigenvalue weighted by Crippen LogP contribution is -2.24. The number of esters is 1. The molecule has 0 aliphatic carbocycles. The van der Waals surface area contributed by atoms with Crippen molar-refractivity contribution in [3.8, 4) is 0 Å². The van der Waals surface area contributed by atoms with E-state index in [4.69, 9.17) is 4.74 Å². The van der Waals surface area contributed by atoms with Gasteiger partial charge in [0.2, 0.25) is 5.91 Å². The van der Waals surface area contributed by atoms with Crippen molar-refractivity contribution in [3.05, 3.63) is 0 Å². The topological polar surface area (TPSA) is 92.7 Å². The van der Waals surface area contributed by atoms with Crippen LogP contribution < -0.4 is 5.32 Å². The molecule has 0 aliphatic heterocycles. The van der Waals surface area contributed by atoms with Gasteiger partial charge in [0.15, 0.2) is 0 Å². The van der Waals surface area contributed by atoms with Crippen LogP contribution in [0.15, 0.2) is 0 Å². The molecule has 6 heteroatoms. The number of carbonyl (C=O) groups is 3. The summed E-state index contributed by atoms with van der Waals surface area (Å²) in [7, 11) is 0. The molecule has 2 N–H and O–H groups in total. The number of hydrogen-bond acceptors (Lipinski definition) is 4. The van der Waals surface area contributed by atoms with Gasteiger partial charge >= 0.3 is 11.9 Å². The van der Waals surface area contributed by atoms with Crippen molar-refractivity contribution in [2.24, 2.45) is 0 Å². The fourth-order valence-corrected chi connectivity index (χ4v) is 5.16. The highest BCUT2D eigenvalue weighted by molar-refractivity contribution is 5.75. The van der Waals surface area contributed by atoms with Crippen LogP contribution in [0.3, 0.4) is 0 Å². The van der Waals surface area contributed by atoms with E-state index in [1.54, 1.807) is 0 Å². The van der Waals surface area contributed by atoms with Crippen LogP contribution in [0.2, 0.25) is 0 Å². The summed E-state index contributed by atoms with van der Waals surface area (Å²) in [4.78, 5) is 35.4. The molecule has 0 saturated carbocycles. The van der Waals surface area contributed by atoms with Crippen molar-refractivity contribution in [2.75, 3.05) is 6.54 Å². The van der Waals surface area contributed by atoms with Crippen molar-refractivity contribution in [3.63, 3.8) is 0 Å². The van der Waals surface area contributed by atoms with Crippen LogP contribution >= 0.6 is 0 Å². The van der Waals surface area contributed by atoms with Crippen molar-refractivity contribution < 1.29 is 24.2 Å². The van der Waals surface area contributed by atoms with E-state index in [1.807, 2.05) is 0 Å². The summed E-state index contributed by atoms with van der Waals surface area (Å²) < 4.78 is 5.51. The average molecular weight is 568 g/mol. The van der Waals surface area contributed by atoms with Crippen molar-refractivity contribution in [1.82, 2.24) is 5.32 Å². The summed E-state index contributed by atoms with van der Waals surface area (Å²) in [6.07, 6.45) is 28.2. The summed E-state index contributed by atoms with van der Waals surface area (Å²) in [5.41, 5.74) is 0. The molecule has 0 aromatic rings. The molecule has 0 bridgehead atoms. The molecule has 40 heavy (non-hydrogen) atoms. The number of aliphatic carboxylic acids is 1. The zero-order chi connectivity index (χ0) is 29.5. The molecule has 1 amide bonds. The predicted molar refractivity (Wildman–Crippen MR) is 167 cm³/mol. The van der Waals surface area contributed by atoms with Crippen molar-refractivity contribution in [1.29, 1.82) is 0 Å². The number of rotatable bonds is 31. The molecular formula is C34H65NO5. The minimum Gasteiger partial charge on any atom is -0.481 e. The Kier molecular flexibility index (Phi) is 29.2. The third-order valence-electron chi connectivity index (χ3n) is 7.72. The third kappa shape index (κ3) is 29.4. The quantitative estimate of drug-likeness (QED) is 0.0642. The van der Waals surface area contributed by atoms with Gasteiger partial charge in [0.25, 0.3) is 0 Å². The van der Waals surface area contributed by atoms with Crippen LogP contribution in [0.5, 0.6) is 0 Å². The van der Waals surface area contributed by atoms with Crippen LogP contribution in [-0.2, 0) is 19.1 Å². The summed E-state index contributed by atoms with van der Waals surface area (Å²) in [5.74, 6) is -1.10. The van der Waals surface area contributed by atoms with E-state index in [0.717, 1.165) is 38.5 Å². The molecule has 0 radical (unpaired) electrons. The Hall–Kier alpha value is -1.59. The maximum Gasteiger partial charge on any atom is 0.307 e. The molecule has 0 heterocycles. The minimum absolute atomic E-state index is 0.116. The summed E-state index contributed by atoms with van der Waals surface area (Å²) in [6, 6.07) is 0. The van der Waals surface area contributed by atoms with Gasteiger partial charge in [0.05, 0.1) is 6.42 Å². The Bertz CT molecular complexity index is 595. The maximum absolute atomic E-state index is 12.3. The molecule has 0 spiro atoms. The minimum atomic E-state index is -0.917. The van der Waals surface area contributed by atoms with E-state index in [2.05, 4.69) is 19.2 Å². The predicted octanol–water partition coefficient (Wildman–Crippen LogP) is 9.67. The molecule has 0 aliphatic rings. The maximum atomic E-state index is 12.3. The zero-order valence-electron chi connectivity index (χ0n) is 26.5. The smallest absolute Gasteiger partial charge is 0.307 e. The largest absolute Gasteiger partial charge is 0.481 e. The lowest BCUT2D eigenvalue weighted by Gasteiger charge is -2.16. The standard InChI is InChI=1S/C34H65NO5/c1-3-5-7-9-11-12-13-14-15-16-18-19-22-26-31(30-33(37)38)40-34(39)28-24-21-25-29-35-32(36)27-23-20-17-10-8-6-4-2/h31H,3-30H2,1-2H3,(H,35,36)(H,37,38). The van der Waals surface area contributed by atoms with Gasteiger partial charge in [0.1, 0.15) is 6.10 Å². The second kappa shape index (κ2) is 30.4. The number of amides is 1. The van der Waals surface area contributed by atoms with E-state index >= 15 is 0 Å². The Morgan fingerprint density at radius 3 is 1.50 bits per heavy atom. The second-order valence-corrected chi connectivity index (χ2v) is 11.8. The van der Waals surface area contributed by atoms with Gasteiger partial charge in [-0.3, -0.25) is 14.4 Å². The molecule has 1 atom stereocenters. The molecule has 0 saturated heterocycles. The first-order valence-corrected chi connectivity index (χ1v) is 17.2. The molecule has 0 aromatic carbocycles. The molecular weight excluding hydrogens is 502 g/mol. The molecule has 1 unspecified atom stereocenters. The first-order chi connectivity index (χ1) is 19.5. The lowest BCUT2D eigenvalue weighted by molar-refractivity contribution is -0.153. The highest BCUT2D eigenvalue weighted by atomic mass is 16.5. The number of ether oxygens (including phenoxy) is 1. The number of carboxylic acids is 1. The number of nitrogens with one attached hydrogen (secondary N) is 1. The van der Waals surface area contributed by atoms with E-state index < -0.39 is 12.1 Å². The Labute approximate surface area is 247 Å². The number of carbonyl (C=O) groups excluding carboxylic acids is 2. The number of unbranched alkanes of at least 4 members (excludes halogenated alkanes) is 20. The van der Waals surface area contributed by atoms with Gasteiger partial charge in [0, 0.05) is 19.4 Å². The fraction of sp³-hybridized carbons (Fsp3) is 0.912. The van der Waals surface area contributed by atoms with E-state index in [9.17, 15) is 19.5 Å². The Morgan fingerprint density at radius 2 is 1.00 bits per heavy atom. The monoisotopic (exact) mass is 567 g/mol. The second-order valence-electron chi connectivity index (χ2n) is 11.8. The molecule has 236 valence electrons. The van der Waals surface area contributed by atoms with Gasteiger partial charge in [-0.15, -0.1) is 0 Å². The first kappa shape index (κ1) is 38.4. The Balaban J connectivity index is 3.73. The van der Waals surface area contributed by atoms with Crippen LogP contribution in [0.1, 0.15) is 187 Å². The van der Waals surface area contributed by atoms with Crippen LogP contribution in [-0.4, -0.2) is 35.6 Å². The van der Waals surface area contributed by atoms with E-state index in [1.165, 1.54) is 103 Å². The van der Waals surface area contributed by atoms with E-state index in [-0.39, 0.29) is 18.3 Å². The fourth-order valence-electron chi connectivity index (χ4n) is 5.16. The van der Waals surface area contributed by atoms with Crippen LogP contribution in [0, 0.1) is 0 Å². The van der Waals surface area contributed by atoms with Crippen molar-refractivity contribution in [2.45, 2.75) is 193 Å². The van der Waals surface area contributed by atoms with Gasteiger partial charge in [-0.2, -0.15) is 0 Å². The van der Waals surface area contributed by atoms with Gasteiger partial charge in [-0.1, -0.05) is 136 Å². The molecule has 6 nitrogen and oxygen atoms in total. The van der Waals surface area contributed by atoms with E-state index in [0.29, 0.717) is 32.2 Å². The van der Waals surface area contributed by atoms with Gasteiger partial charge < -0.3 is 15.2 Å². The third-order valence-corrected chi connectivity index (χ3v) is 7.72. The average Bonchev–Trinajstić information content (AvgIpc) is 2.92. The highest BCUT2D eigenvalue weighted by Crippen LogP contribution is 2.16. The molecule has 0 aromatic heterocycles. The van der Waals surface area contributed by atoms with Gasteiger partial charge in [-0.05, 0) is 32.1 Å². The SMILES string of the molecule is CCCCCCCCCCCCCCCC(CC(=O)O)OC(=O)CCCCCNC(=O)CCCCCCCCC. The summed E-state index contributed by atoms with van der Waals surface area (Å²) in [5, 5.41) is 12.2. The normalized spacial score (nSPS) is 11.8. The number of hydrogen-bond donors (Lipinski definition) is 2.